The number of halogens is 1. The number of carbonyl (C=O) groups is 3. The summed E-state index contributed by atoms with van der Waals surface area (Å²) in [5.74, 6) is -1.66. The number of hydrogen-bond acceptors (Lipinski definition) is 6. The van der Waals surface area contributed by atoms with Gasteiger partial charge in [0.1, 0.15) is 5.82 Å². The zero-order valence-corrected chi connectivity index (χ0v) is 25.4. The average Bonchev–Trinajstić information content (AvgIpc) is 2.96. The quantitative estimate of drug-likeness (QED) is 0.234. The number of nitrogens with one attached hydrogen (secondary N) is 2. The van der Waals surface area contributed by atoms with Gasteiger partial charge in [-0.05, 0) is 36.1 Å². The minimum atomic E-state index is -4.16. The van der Waals surface area contributed by atoms with Crippen molar-refractivity contribution >= 4 is 40.4 Å². The fourth-order valence-corrected chi connectivity index (χ4v) is 6.01. The zero-order chi connectivity index (χ0) is 30.7. The Morgan fingerprint density at radius 2 is 1.69 bits per heavy atom. The van der Waals surface area contributed by atoms with Gasteiger partial charge in [-0.3, -0.25) is 14.4 Å². The van der Waals surface area contributed by atoms with Crippen molar-refractivity contribution in [3.05, 3.63) is 89.7 Å². The molecule has 11 heteroatoms. The molecule has 224 valence electrons. The van der Waals surface area contributed by atoms with Crippen molar-refractivity contribution in [2.45, 2.75) is 44.6 Å². The maximum absolute atomic E-state index is 15.4. The standard InChI is InChI=1S/C31H36FN3O5S2/c1-3-9-30(37)35(17-16-33-31(38)26(21-41)18-23-10-5-4-6-11-23)20-25-15-14-24(19-28(25)32)27-12-7-8-13-29(27)42(39,40)34-22(2)36/h4-8,10-15,19,26,41H,3,9,16-18,20-21H2,1-2H3,(H,33,38)(H,34,36). The van der Waals surface area contributed by atoms with Gasteiger partial charge in [-0.1, -0.05) is 67.6 Å². The van der Waals surface area contributed by atoms with Crippen molar-refractivity contribution < 1.29 is 27.2 Å². The van der Waals surface area contributed by atoms with Crippen LogP contribution in [0.4, 0.5) is 4.39 Å². The molecule has 0 radical (unpaired) electrons. The first kappa shape index (κ1) is 32.8. The van der Waals surface area contributed by atoms with Crippen LogP contribution in [0.5, 0.6) is 0 Å². The number of carbonyl (C=O) groups excluding carboxylic acids is 3. The number of hydrogen-bond donors (Lipinski definition) is 3. The van der Waals surface area contributed by atoms with Crippen molar-refractivity contribution in [3.8, 4) is 11.1 Å². The minimum absolute atomic E-state index is 0.0212. The summed E-state index contributed by atoms with van der Waals surface area (Å²) in [6.07, 6.45) is 1.43. The molecule has 0 aliphatic rings. The largest absolute Gasteiger partial charge is 0.354 e. The van der Waals surface area contributed by atoms with Crippen LogP contribution in [0.1, 0.15) is 37.8 Å². The third kappa shape index (κ3) is 9.15. The molecule has 0 saturated carbocycles. The minimum Gasteiger partial charge on any atom is -0.354 e. The first-order chi connectivity index (χ1) is 20.1. The van der Waals surface area contributed by atoms with Gasteiger partial charge in [0.25, 0.3) is 10.0 Å². The molecule has 1 unspecified atom stereocenters. The molecule has 3 amide bonds. The summed E-state index contributed by atoms with van der Waals surface area (Å²) in [6.45, 7) is 3.33. The normalized spacial score (nSPS) is 11.9. The van der Waals surface area contributed by atoms with E-state index in [1.165, 1.54) is 35.2 Å². The van der Waals surface area contributed by atoms with Crippen LogP contribution in [0.2, 0.25) is 0 Å². The van der Waals surface area contributed by atoms with Crippen molar-refractivity contribution in [1.82, 2.24) is 14.9 Å². The molecule has 0 aliphatic heterocycles. The van der Waals surface area contributed by atoms with Gasteiger partial charge in [0.15, 0.2) is 0 Å². The van der Waals surface area contributed by atoms with E-state index in [-0.39, 0.29) is 59.8 Å². The summed E-state index contributed by atoms with van der Waals surface area (Å²) in [5, 5.41) is 2.88. The molecule has 2 N–H and O–H groups in total. The van der Waals surface area contributed by atoms with E-state index in [1.54, 1.807) is 12.1 Å². The van der Waals surface area contributed by atoms with Gasteiger partial charge >= 0.3 is 0 Å². The van der Waals surface area contributed by atoms with E-state index in [2.05, 4.69) is 17.9 Å². The molecule has 0 fully saturated rings. The van der Waals surface area contributed by atoms with Crippen molar-refractivity contribution in [2.24, 2.45) is 5.92 Å². The van der Waals surface area contributed by atoms with Gasteiger partial charge in [-0.25, -0.2) is 17.5 Å². The lowest BCUT2D eigenvalue weighted by Gasteiger charge is -2.24. The van der Waals surface area contributed by atoms with Gasteiger partial charge in [0.05, 0.1) is 10.8 Å². The molecule has 0 spiro atoms. The second-order valence-corrected chi connectivity index (χ2v) is 11.9. The summed E-state index contributed by atoms with van der Waals surface area (Å²) >= 11 is 4.34. The van der Waals surface area contributed by atoms with E-state index in [0.29, 0.717) is 24.2 Å². The highest BCUT2D eigenvalue weighted by atomic mass is 32.2. The number of rotatable bonds is 14. The van der Waals surface area contributed by atoms with Crippen LogP contribution in [-0.4, -0.2) is 49.9 Å². The molecule has 3 aromatic carbocycles. The van der Waals surface area contributed by atoms with Gasteiger partial charge in [0, 0.05) is 49.9 Å². The van der Waals surface area contributed by atoms with Gasteiger partial charge < -0.3 is 10.2 Å². The second kappa shape index (κ2) is 15.5. The predicted octanol–water partition coefficient (Wildman–Crippen LogP) is 4.35. The fourth-order valence-electron chi connectivity index (χ4n) is 4.49. The third-order valence-electron chi connectivity index (χ3n) is 6.59. The van der Waals surface area contributed by atoms with Crippen LogP contribution in [0.3, 0.4) is 0 Å². The van der Waals surface area contributed by atoms with E-state index in [4.69, 9.17) is 0 Å². The summed E-state index contributed by atoms with van der Waals surface area (Å²) in [6, 6.07) is 19.9. The fraction of sp³-hybridized carbons (Fsp3) is 0.323. The lowest BCUT2D eigenvalue weighted by molar-refractivity contribution is -0.132. The number of amides is 3. The van der Waals surface area contributed by atoms with Crippen LogP contribution in [0, 0.1) is 11.7 Å². The Morgan fingerprint density at radius 1 is 1.00 bits per heavy atom. The van der Waals surface area contributed by atoms with Crippen molar-refractivity contribution in [2.75, 3.05) is 18.8 Å². The Hall–Kier alpha value is -3.70. The highest BCUT2D eigenvalue weighted by Gasteiger charge is 2.22. The van der Waals surface area contributed by atoms with Crippen molar-refractivity contribution in [3.63, 3.8) is 0 Å². The van der Waals surface area contributed by atoms with Crippen LogP contribution < -0.4 is 10.0 Å². The molecule has 8 nitrogen and oxygen atoms in total. The average molecular weight is 614 g/mol. The molecule has 0 heterocycles. The Kier molecular flexibility index (Phi) is 12.1. The molecular weight excluding hydrogens is 577 g/mol. The van der Waals surface area contributed by atoms with Crippen molar-refractivity contribution in [1.29, 1.82) is 0 Å². The Morgan fingerprint density at radius 3 is 2.33 bits per heavy atom. The summed E-state index contributed by atoms with van der Waals surface area (Å²) < 4.78 is 42.6. The molecular formula is C31H36FN3O5S2. The molecule has 42 heavy (non-hydrogen) atoms. The summed E-state index contributed by atoms with van der Waals surface area (Å²) in [4.78, 5) is 38.4. The van der Waals surface area contributed by atoms with Crippen LogP contribution in [0.15, 0.2) is 77.7 Å². The predicted molar refractivity (Wildman–Crippen MR) is 164 cm³/mol. The molecule has 0 bridgehead atoms. The number of sulfonamides is 1. The first-order valence-corrected chi connectivity index (χ1v) is 15.8. The lowest BCUT2D eigenvalue weighted by atomic mass is 10.0. The SMILES string of the molecule is CCCC(=O)N(CCNC(=O)C(CS)Cc1ccccc1)Cc1ccc(-c2ccccc2S(=O)(=O)NC(C)=O)cc1F. The van der Waals surface area contributed by atoms with E-state index in [0.717, 1.165) is 12.5 Å². The van der Waals surface area contributed by atoms with E-state index in [1.807, 2.05) is 42.0 Å². The van der Waals surface area contributed by atoms with Crippen LogP contribution >= 0.6 is 12.6 Å². The highest BCUT2D eigenvalue weighted by Crippen LogP contribution is 2.29. The van der Waals surface area contributed by atoms with Gasteiger partial charge in [-0.15, -0.1) is 0 Å². The van der Waals surface area contributed by atoms with E-state index in [9.17, 15) is 22.8 Å². The summed E-state index contributed by atoms with van der Waals surface area (Å²) in [7, 11) is -4.16. The van der Waals surface area contributed by atoms with Crippen LogP contribution in [-0.2, 0) is 37.4 Å². The topological polar surface area (TPSA) is 113 Å². The zero-order valence-electron chi connectivity index (χ0n) is 23.7. The summed E-state index contributed by atoms with van der Waals surface area (Å²) in [5.41, 5.74) is 1.80. The van der Waals surface area contributed by atoms with Crippen LogP contribution in [0.25, 0.3) is 11.1 Å². The molecule has 3 rings (SSSR count). The maximum Gasteiger partial charge on any atom is 0.264 e. The monoisotopic (exact) mass is 613 g/mol. The molecule has 0 saturated heterocycles. The Balaban J connectivity index is 1.73. The molecule has 3 aromatic rings. The maximum atomic E-state index is 15.4. The smallest absolute Gasteiger partial charge is 0.264 e. The number of benzene rings is 3. The van der Waals surface area contributed by atoms with Gasteiger partial charge in [-0.2, -0.15) is 12.6 Å². The Bertz CT molecular complexity index is 1500. The number of thiol groups is 1. The van der Waals surface area contributed by atoms with E-state index < -0.39 is 21.7 Å². The number of nitrogens with zero attached hydrogens (tertiary/aromatic N) is 1. The van der Waals surface area contributed by atoms with E-state index >= 15 is 4.39 Å². The van der Waals surface area contributed by atoms with Gasteiger partial charge in [0.2, 0.25) is 17.7 Å². The highest BCUT2D eigenvalue weighted by molar-refractivity contribution is 7.90. The molecule has 1 atom stereocenters. The molecule has 0 aromatic heterocycles. The molecule has 0 aliphatic carbocycles. The Labute approximate surface area is 252 Å². The lowest BCUT2D eigenvalue weighted by Crippen LogP contribution is -2.40. The second-order valence-electron chi connectivity index (χ2n) is 9.89. The first-order valence-electron chi connectivity index (χ1n) is 13.7. The third-order valence-corrected chi connectivity index (χ3v) is 8.53.